The van der Waals surface area contributed by atoms with E-state index in [1.165, 1.54) is 17.7 Å². The Kier molecular flexibility index (Phi) is 8.69. The zero-order chi connectivity index (χ0) is 23.8. The van der Waals surface area contributed by atoms with E-state index >= 15 is 0 Å². The Hall–Kier alpha value is -3.09. The van der Waals surface area contributed by atoms with Gasteiger partial charge in [-0.3, -0.25) is 4.79 Å². The first-order valence-electron chi connectivity index (χ1n) is 11.1. The molecule has 0 unspecified atom stereocenters. The SMILES string of the molecule is CCc1cccc(CNC[C@@H](O)[C@H](Cc2cc(F)cc(F)c2)NC(=O)c2cccc(C)c2)c1. The van der Waals surface area contributed by atoms with Crippen molar-refractivity contribution in [1.82, 2.24) is 10.6 Å². The summed E-state index contributed by atoms with van der Waals surface area (Å²) in [7, 11) is 0. The summed E-state index contributed by atoms with van der Waals surface area (Å²) >= 11 is 0. The Labute approximate surface area is 193 Å². The zero-order valence-corrected chi connectivity index (χ0v) is 18.9. The molecule has 0 aliphatic heterocycles. The molecule has 3 aromatic carbocycles. The molecule has 3 N–H and O–H groups in total. The van der Waals surface area contributed by atoms with Crippen molar-refractivity contribution in [1.29, 1.82) is 0 Å². The molecule has 0 saturated carbocycles. The lowest BCUT2D eigenvalue weighted by Crippen LogP contribution is -2.48. The molecule has 0 fully saturated rings. The number of carbonyl (C=O) groups is 1. The fourth-order valence-corrected chi connectivity index (χ4v) is 3.77. The molecule has 6 heteroatoms. The number of aryl methyl sites for hydroxylation is 2. The minimum absolute atomic E-state index is 0.0837. The number of nitrogens with one attached hydrogen (secondary N) is 2. The van der Waals surface area contributed by atoms with Crippen molar-refractivity contribution < 1.29 is 18.7 Å². The van der Waals surface area contributed by atoms with Crippen LogP contribution in [0.25, 0.3) is 0 Å². The number of benzene rings is 3. The maximum absolute atomic E-state index is 13.7. The van der Waals surface area contributed by atoms with Crippen molar-refractivity contribution in [3.63, 3.8) is 0 Å². The van der Waals surface area contributed by atoms with Crippen molar-refractivity contribution in [2.75, 3.05) is 6.54 Å². The summed E-state index contributed by atoms with van der Waals surface area (Å²) < 4.78 is 27.4. The molecule has 0 saturated heterocycles. The number of aliphatic hydroxyl groups excluding tert-OH is 1. The van der Waals surface area contributed by atoms with E-state index in [1.54, 1.807) is 18.2 Å². The standard InChI is InChI=1S/C27H30F2N2O2/c1-3-19-7-5-8-20(11-19)16-30-17-26(32)25(14-21-12-23(28)15-24(29)13-21)31-27(33)22-9-4-6-18(2)10-22/h4-13,15,25-26,30,32H,3,14,16-17H2,1-2H3,(H,31,33)/t25-,26+/m0/s1. The van der Waals surface area contributed by atoms with Gasteiger partial charge in [0.2, 0.25) is 0 Å². The van der Waals surface area contributed by atoms with Crippen LogP contribution in [0.5, 0.6) is 0 Å². The van der Waals surface area contributed by atoms with Gasteiger partial charge in [0.05, 0.1) is 12.1 Å². The monoisotopic (exact) mass is 452 g/mol. The van der Waals surface area contributed by atoms with Crippen molar-refractivity contribution in [2.45, 2.75) is 45.4 Å². The average Bonchev–Trinajstić information content (AvgIpc) is 2.78. The van der Waals surface area contributed by atoms with E-state index in [9.17, 15) is 18.7 Å². The van der Waals surface area contributed by atoms with Gasteiger partial charge in [-0.15, -0.1) is 0 Å². The lowest BCUT2D eigenvalue weighted by Gasteiger charge is -2.25. The Balaban J connectivity index is 1.70. The number of halogens is 2. The third kappa shape index (κ3) is 7.48. The van der Waals surface area contributed by atoms with Crippen molar-refractivity contribution in [3.8, 4) is 0 Å². The number of hydrogen-bond acceptors (Lipinski definition) is 3. The fraction of sp³-hybridized carbons (Fsp3) is 0.296. The molecule has 0 aliphatic rings. The number of hydrogen-bond donors (Lipinski definition) is 3. The summed E-state index contributed by atoms with van der Waals surface area (Å²) in [4.78, 5) is 12.8. The van der Waals surface area contributed by atoms with Gasteiger partial charge in [-0.2, -0.15) is 0 Å². The average molecular weight is 453 g/mol. The van der Waals surface area contributed by atoms with Gasteiger partial charge in [0.15, 0.2) is 0 Å². The molecule has 0 heterocycles. The normalized spacial score (nSPS) is 12.9. The van der Waals surface area contributed by atoms with Gasteiger partial charge in [-0.05, 0) is 60.7 Å². The van der Waals surface area contributed by atoms with Crippen LogP contribution >= 0.6 is 0 Å². The number of amides is 1. The predicted molar refractivity (Wildman–Crippen MR) is 126 cm³/mol. The zero-order valence-electron chi connectivity index (χ0n) is 18.9. The van der Waals surface area contributed by atoms with Crippen LogP contribution in [0.1, 0.15) is 39.5 Å². The Morgan fingerprint density at radius 1 is 0.939 bits per heavy atom. The van der Waals surface area contributed by atoms with Gasteiger partial charge < -0.3 is 15.7 Å². The minimum Gasteiger partial charge on any atom is -0.390 e. The van der Waals surface area contributed by atoms with Crippen molar-refractivity contribution in [2.24, 2.45) is 0 Å². The largest absolute Gasteiger partial charge is 0.390 e. The molecule has 2 atom stereocenters. The van der Waals surface area contributed by atoms with E-state index < -0.39 is 23.8 Å². The van der Waals surface area contributed by atoms with E-state index in [2.05, 4.69) is 29.7 Å². The summed E-state index contributed by atoms with van der Waals surface area (Å²) in [6, 6.07) is 17.8. The van der Waals surface area contributed by atoms with E-state index in [4.69, 9.17) is 0 Å². The van der Waals surface area contributed by atoms with Crippen LogP contribution in [0.3, 0.4) is 0 Å². The molecule has 0 radical (unpaired) electrons. The Bertz CT molecular complexity index is 1070. The molecule has 0 spiro atoms. The van der Waals surface area contributed by atoms with E-state index in [0.717, 1.165) is 23.6 Å². The highest BCUT2D eigenvalue weighted by Crippen LogP contribution is 2.13. The summed E-state index contributed by atoms with van der Waals surface area (Å²) in [5.41, 5.74) is 4.07. The van der Waals surface area contributed by atoms with Gasteiger partial charge >= 0.3 is 0 Å². The van der Waals surface area contributed by atoms with Gasteiger partial charge in [-0.25, -0.2) is 8.78 Å². The Morgan fingerprint density at radius 2 is 1.64 bits per heavy atom. The molecule has 4 nitrogen and oxygen atoms in total. The van der Waals surface area contributed by atoms with Gasteiger partial charge in [0.1, 0.15) is 11.6 Å². The van der Waals surface area contributed by atoms with Crippen LogP contribution < -0.4 is 10.6 Å². The second-order valence-electron chi connectivity index (χ2n) is 8.30. The fourth-order valence-electron chi connectivity index (χ4n) is 3.77. The van der Waals surface area contributed by atoms with Crippen molar-refractivity contribution in [3.05, 3.63) is 106 Å². The molecule has 174 valence electrons. The second-order valence-corrected chi connectivity index (χ2v) is 8.30. The van der Waals surface area contributed by atoms with Crippen LogP contribution in [0.2, 0.25) is 0 Å². The molecule has 0 aliphatic carbocycles. The maximum Gasteiger partial charge on any atom is 0.251 e. The van der Waals surface area contributed by atoms with E-state index in [0.29, 0.717) is 17.7 Å². The summed E-state index contributed by atoms with van der Waals surface area (Å²) in [6.07, 6.45) is 0.0492. The number of aliphatic hydroxyl groups is 1. The topological polar surface area (TPSA) is 61.4 Å². The molecule has 0 bridgehead atoms. The van der Waals surface area contributed by atoms with E-state index in [-0.39, 0.29) is 18.9 Å². The first-order valence-corrected chi connectivity index (χ1v) is 11.1. The molecule has 33 heavy (non-hydrogen) atoms. The van der Waals surface area contributed by atoms with Gasteiger partial charge in [0, 0.05) is 24.7 Å². The predicted octanol–water partition coefficient (Wildman–Crippen LogP) is 4.33. The van der Waals surface area contributed by atoms with Crippen LogP contribution in [0.15, 0.2) is 66.7 Å². The Morgan fingerprint density at radius 3 is 2.33 bits per heavy atom. The smallest absolute Gasteiger partial charge is 0.251 e. The van der Waals surface area contributed by atoms with E-state index in [1.807, 2.05) is 25.1 Å². The third-order valence-corrected chi connectivity index (χ3v) is 5.52. The molecular weight excluding hydrogens is 422 g/mol. The second kappa shape index (κ2) is 11.7. The molecule has 0 aromatic heterocycles. The van der Waals surface area contributed by atoms with Crippen LogP contribution in [0.4, 0.5) is 8.78 Å². The van der Waals surface area contributed by atoms with Gasteiger partial charge in [0.25, 0.3) is 5.91 Å². The maximum atomic E-state index is 13.7. The van der Waals surface area contributed by atoms with Crippen LogP contribution in [0, 0.1) is 18.6 Å². The molecule has 3 aromatic rings. The molecule has 1 amide bonds. The highest BCUT2D eigenvalue weighted by Gasteiger charge is 2.23. The highest BCUT2D eigenvalue weighted by atomic mass is 19.1. The first kappa shape index (κ1) is 24.6. The van der Waals surface area contributed by atoms with Crippen LogP contribution in [-0.4, -0.2) is 29.7 Å². The lowest BCUT2D eigenvalue weighted by atomic mass is 9.99. The summed E-state index contributed by atoms with van der Waals surface area (Å²) in [5.74, 6) is -1.75. The minimum atomic E-state index is -0.973. The number of carbonyl (C=O) groups excluding carboxylic acids is 1. The lowest BCUT2D eigenvalue weighted by molar-refractivity contribution is 0.0829. The highest BCUT2D eigenvalue weighted by molar-refractivity contribution is 5.94. The third-order valence-electron chi connectivity index (χ3n) is 5.52. The molecule has 3 rings (SSSR count). The number of rotatable bonds is 10. The van der Waals surface area contributed by atoms with Crippen LogP contribution in [-0.2, 0) is 19.4 Å². The van der Waals surface area contributed by atoms with Gasteiger partial charge in [-0.1, -0.05) is 48.9 Å². The van der Waals surface area contributed by atoms with Crippen molar-refractivity contribution >= 4 is 5.91 Å². The molecular formula is C27H30F2N2O2. The summed E-state index contributed by atoms with van der Waals surface area (Å²) in [5, 5.41) is 16.9. The quantitative estimate of drug-likeness (QED) is 0.429. The summed E-state index contributed by atoms with van der Waals surface area (Å²) in [6.45, 7) is 4.73. The first-order chi connectivity index (χ1) is 15.8.